The summed E-state index contributed by atoms with van der Waals surface area (Å²) in [6, 6.07) is 3.09. The number of aromatic nitrogens is 2. The van der Waals surface area contributed by atoms with Crippen LogP contribution in [0, 0.1) is 6.92 Å². The number of nitrogen functional groups attached to an aromatic ring is 1. The number of aliphatic hydroxyl groups is 1. The lowest BCUT2D eigenvalue weighted by atomic mass is 9.92. The van der Waals surface area contributed by atoms with Gasteiger partial charge in [-0.15, -0.1) is 0 Å². The quantitative estimate of drug-likeness (QED) is 0.877. The smallest absolute Gasteiger partial charge is 0.222 e. The van der Waals surface area contributed by atoms with Crippen molar-refractivity contribution in [2.45, 2.75) is 57.5 Å². The van der Waals surface area contributed by atoms with Gasteiger partial charge in [0.05, 0.1) is 0 Å². The van der Waals surface area contributed by atoms with Gasteiger partial charge in [-0.1, -0.05) is 19.3 Å². The summed E-state index contributed by atoms with van der Waals surface area (Å²) in [5, 5.41) is 9.49. The zero-order chi connectivity index (χ0) is 16.2. The molecule has 0 spiro atoms. The summed E-state index contributed by atoms with van der Waals surface area (Å²) in [7, 11) is 0. The molecule has 1 aromatic rings. The first-order valence-electron chi connectivity index (χ1n) is 8.90. The second-order valence-corrected chi connectivity index (χ2v) is 6.87. The molecular formula is C17H29N5O. The molecule has 6 nitrogen and oxygen atoms in total. The molecule has 0 aromatic carbocycles. The average molecular weight is 319 g/mol. The summed E-state index contributed by atoms with van der Waals surface area (Å²) in [5.74, 6) is 1.26. The normalized spacial score (nSPS) is 24.1. The van der Waals surface area contributed by atoms with Crippen LogP contribution < -0.4 is 10.6 Å². The molecule has 3 N–H and O–H groups in total. The van der Waals surface area contributed by atoms with Crippen molar-refractivity contribution in [1.82, 2.24) is 14.9 Å². The van der Waals surface area contributed by atoms with Gasteiger partial charge in [0.15, 0.2) is 0 Å². The largest absolute Gasteiger partial charge is 0.396 e. The highest BCUT2D eigenvalue weighted by Gasteiger charge is 2.32. The molecule has 0 bridgehead atoms. The third-order valence-corrected chi connectivity index (χ3v) is 5.22. The molecule has 0 radical (unpaired) electrons. The van der Waals surface area contributed by atoms with Crippen molar-refractivity contribution >= 4 is 11.8 Å². The molecule has 1 saturated carbocycles. The van der Waals surface area contributed by atoms with Crippen molar-refractivity contribution in [2.24, 2.45) is 0 Å². The Morgan fingerprint density at radius 1 is 1.22 bits per heavy atom. The standard InChI is InChI=1S/C17H29N5O/c1-13-11-16(20-17(18)19-13)21-8-9-22(15(12-21)7-10-23)14-5-3-2-4-6-14/h11,14-15,23H,2-10,12H2,1H3,(H2,18,19,20)/t15-/m0/s1. The third-order valence-electron chi connectivity index (χ3n) is 5.22. The molecule has 2 heterocycles. The molecule has 1 atom stereocenters. The fourth-order valence-corrected chi connectivity index (χ4v) is 4.11. The molecule has 3 rings (SSSR count). The number of nitrogens with two attached hydrogens (primary N) is 1. The van der Waals surface area contributed by atoms with Crippen molar-refractivity contribution < 1.29 is 5.11 Å². The van der Waals surface area contributed by atoms with E-state index in [1.165, 1.54) is 32.1 Å². The van der Waals surface area contributed by atoms with Gasteiger partial charge in [0.2, 0.25) is 5.95 Å². The minimum Gasteiger partial charge on any atom is -0.396 e. The van der Waals surface area contributed by atoms with E-state index in [9.17, 15) is 5.11 Å². The molecular weight excluding hydrogens is 290 g/mol. The second kappa shape index (κ2) is 7.45. The van der Waals surface area contributed by atoms with Crippen molar-refractivity contribution in [3.05, 3.63) is 11.8 Å². The Balaban J connectivity index is 1.72. The van der Waals surface area contributed by atoms with E-state index in [1.807, 2.05) is 13.0 Å². The fourth-order valence-electron chi connectivity index (χ4n) is 4.11. The minimum atomic E-state index is 0.243. The van der Waals surface area contributed by atoms with Crippen LogP contribution in [0.1, 0.15) is 44.2 Å². The molecule has 128 valence electrons. The van der Waals surface area contributed by atoms with E-state index in [1.54, 1.807) is 0 Å². The van der Waals surface area contributed by atoms with Crippen LogP contribution in [0.15, 0.2) is 6.07 Å². The van der Waals surface area contributed by atoms with Crippen molar-refractivity contribution in [2.75, 3.05) is 36.9 Å². The fraction of sp³-hybridized carbons (Fsp3) is 0.765. The number of piperazine rings is 1. The zero-order valence-electron chi connectivity index (χ0n) is 14.1. The van der Waals surface area contributed by atoms with Gasteiger partial charge in [-0.25, -0.2) is 4.98 Å². The Labute approximate surface area is 138 Å². The lowest BCUT2D eigenvalue weighted by molar-refractivity contribution is 0.0756. The van der Waals surface area contributed by atoms with E-state index < -0.39 is 0 Å². The maximum Gasteiger partial charge on any atom is 0.222 e. The highest BCUT2D eigenvalue weighted by Crippen LogP contribution is 2.28. The summed E-state index contributed by atoms with van der Waals surface area (Å²) >= 11 is 0. The molecule has 1 aliphatic heterocycles. The average Bonchev–Trinajstić information content (AvgIpc) is 2.55. The van der Waals surface area contributed by atoms with Crippen LogP contribution >= 0.6 is 0 Å². The van der Waals surface area contributed by atoms with E-state index in [0.717, 1.165) is 37.6 Å². The molecule has 1 aliphatic carbocycles. The number of aliphatic hydroxyl groups excluding tert-OH is 1. The number of nitrogens with zero attached hydrogens (tertiary/aromatic N) is 4. The van der Waals surface area contributed by atoms with Crippen LogP contribution in [0.2, 0.25) is 0 Å². The van der Waals surface area contributed by atoms with E-state index in [-0.39, 0.29) is 6.61 Å². The van der Waals surface area contributed by atoms with Crippen molar-refractivity contribution in [3.63, 3.8) is 0 Å². The Bertz CT molecular complexity index is 497. The number of hydrogen-bond acceptors (Lipinski definition) is 6. The first-order valence-corrected chi connectivity index (χ1v) is 8.90. The van der Waals surface area contributed by atoms with E-state index in [4.69, 9.17) is 5.73 Å². The van der Waals surface area contributed by atoms with Crippen molar-refractivity contribution in [1.29, 1.82) is 0 Å². The van der Waals surface area contributed by atoms with Gasteiger partial charge in [-0.05, 0) is 26.2 Å². The second-order valence-electron chi connectivity index (χ2n) is 6.87. The first kappa shape index (κ1) is 16.5. The highest BCUT2D eigenvalue weighted by molar-refractivity contribution is 5.44. The van der Waals surface area contributed by atoms with Crippen molar-refractivity contribution in [3.8, 4) is 0 Å². The number of anilines is 2. The Hall–Kier alpha value is -1.40. The first-order chi connectivity index (χ1) is 11.2. The highest BCUT2D eigenvalue weighted by atomic mass is 16.3. The van der Waals surface area contributed by atoms with Gasteiger partial charge in [0, 0.05) is 50.1 Å². The third kappa shape index (κ3) is 3.93. The minimum absolute atomic E-state index is 0.243. The van der Waals surface area contributed by atoms with Crippen LogP contribution in [0.4, 0.5) is 11.8 Å². The number of hydrogen-bond donors (Lipinski definition) is 2. The lowest BCUT2D eigenvalue weighted by Crippen LogP contribution is -2.57. The van der Waals surface area contributed by atoms with Gasteiger partial charge in [-0.3, -0.25) is 4.90 Å². The predicted molar refractivity (Wildman–Crippen MR) is 92.5 cm³/mol. The van der Waals surface area contributed by atoms with Gasteiger partial charge in [-0.2, -0.15) is 4.98 Å². The molecule has 2 aliphatic rings. The zero-order valence-corrected chi connectivity index (χ0v) is 14.1. The Morgan fingerprint density at radius 2 is 2.00 bits per heavy atom. The lowest BCUT2D eigenvalue weighted by Gasteiger charge is -2.46. The van der Waals surface area contributed by atoms with Crippen LogP contribution in [0.25, 0.3) is 0 Å². The Morgan fingerprint density at radius 3 is 2.70 bits per heavy atom. The topological polar surface area (TPSA) is 78.5 Å². The molecule has 0 unspecified atom stereocenters. The summed E-state index contributed by atoms with van der Waals surface area (Å²) in [5.41, 5.74) is 6.71. The number of aryl methyl sites for hydroxylation is 1. The number of rotatable bonds is 4. The molecule has 1 saturated heterocycles. The van der Waals surface area contributed by atoms with Gasteiger partial charge in [0.1, 0.15) is 5.82 Å². The van der Waals surface area contributed by atoms with Crippen LogP contribution in [0.5, 0.6) is 0 Å². The summed E-state index contributed by atoms with van der Waals surface area (Å²) < 4.78 is 0. The molecule has 23 heavy (non-hydrogen) atoms. The predicted octanol–water partition coefficient (Wildman–Crippen LogP) is 1.57. The monoisotopic (exact) mass is 319 g/mol. The van der Waals surface area contributed by atoms with Gasteiger partial charge in [0.25, 0.3) is 0 Å². The molecule has 2 fully saturated rings. The van der Waals surface area contributed by atoms with Crippen LogP contribution in [0.3, 0.4) is 0 Å². The van der Waals surface area contributed by atoms with Gasteiger partial charge >= 0.3 is 0 Å². The van der Waals surface area contributed by atoms with E-state index >= 15 is 0 Å². The summed E-state index contributed by atoms with van der Waals surface area (Å²) in [6.45, 7) is 5.11. The SMILES string of the molecule is Cc1cc(N2CCN(C3CCCCC3)[C@@H](CCO)C2)nc(N)n1. The van der Waals surface area contributed by atoms with Crippen LogP contribution in [-0.2, 0) is 0 Å². The van der Waals surface area contributed by atoms with E-state index in [2.05, 4.69) is 19.8 Å². The summed E-state index contributed by atoms with van der Waals surface area (Å²) in [6.07, 6.45) is 7.51. The Kier molecular flexibility index (Phi) is 5.33. The molecule has 6 heteroatoms. The molecule has 1 aromatic heterocycles. The molecule has 0 amide bonds. The maximum atomic E-state index is 9.49. The van der Waals surface area contributed by atoms with Gasteiger partial charge < -0.3 is 15.7 Å². The maximum absolute atomic E-state index is 9.49. The van der Waals surface area contributed by atoms with E-state index in [0.29, 0.717) is 18.0 Å². The summed E-state index contributed by atoms with van der Waals surface area (Å²) in [4.78, 5) is 13.5. The van der Waals surface area contributed by atoms with Crippen LogP contribution in [-0.4, -0.2) is 58.3 Å².